The molecule has 2 rings (SSSR count). The van der Waals surface area contributed by atoms with Crippen LogP contribution < -0.4 is 9.44 Å². The van der Waals surface area contributed by atoms with Gasteiger partial charge in [-0.05, 0) is 31.0 Å². The molecule has 0 unspecified atom stereocenters. The smallest absolute Gasteiger partial charge is 0.265 e. The highest BCUT2D eigenvalue weighted by atomic mass is 32.2. The van der Waals surface area contributed by atoms with Gasteiger partial charge in [0.1, 0.15) is 0 Å². The lowest BCUT2D eigenvalue weighted by Crippen LogP contribution is -2.12. The van der Waals surface area contributed by atoms with Crippen LogP contribution in [0, 0.1) is 13.8 Å². The van der Waals surface area contributed by atoms with Crippen LogP contribution in [0.5, 0.6) is 0 Å². The van der Waals surface area contributed by atoms with Gasteiger partial charge in [0.2, 0.25) is 0 Å². The van der Waals surface area contributed by atoms with Crippen molar-refractivity contribution in [2.45, 2.75) is 13.8 Å². The fourth-order valence-corrected chi connectivity index (χ4v) is 2.53. The Morgan fingerprint density at radius 1 is 1.15 bits per heavy atom. The molecule has 1 aromatic rings. The molecule has 70 valence electrons. The van der Waals surface area contributed by atoms with Crippen molar-refractivity contribution in [3.8, 4) is 0 Å². The van der Waals surface area contributed by atoms with E-state index in [1.807, 2.05) is 19.9 Å². The Morgan fingerprint density at radius 2 is 1.85 bits per heavy atom. The molecule has 0 radical (unpaired) electrons. The van der Waals surface area contributed by atoms with Gasteiger partial charge in [0.25, 0.3) is 0 Å². The van der Waals surface area contributed by atoms with E-state index >= 15 is 0 Å². The number of benzene rings is 1. The number of hydrogen-bond acceptors (Lipinski definition) is 2. The van der Waals surface area contributed by atoms with E-state index in [0.717, 1.165) is 11.1 Å². The molecule has 0 atom stereocenters. The van der Waals surface area contributed by atoms with Gasteiger partial charge in [0.05, 0.1) is 11.4 Å². The van der Waals surface area contributed by atoms with E-state index in [1.54, 1.807) is 6.07 Å². The quantitative estimate of drug-likeness (QED) is 0.661. The fraction of sp³-hybridized carbons (Fsp3) is 0.250. The zero-order valence-electron chi connectivity index (χ0n) is 7.38. The molecule has 1 aliphatic heterocycles. The highest BCUT2D eigenvalue weighted by molar-refractivity contribution is 7.94. The van der Waals surface area contributed by atoms with Crippen molar-refractivity contribution in [2.75, 3.05) is 9.44 Å². The highest BCUT2D eigenvalue weighted by Crippen LogP contribution is 2.33. The van der Waals surface area contributed by atoms with Gasteiger partial charge in [-0.1, -0.05) is 6.07 Å². The molecule has 4 nitrogen and oxygen atoms in total. The van der Waals surface area contributed by atoms with Gasteiger partial charge in [-0.3, -0.25) is 9.44 Å². The molecule has 5 heteroatoms. The van der Waals surface area contributed by atoms with Crippen LogP contribution in [-0.4, -0.2) is 8.42 Å². The molecule has 0 aromatic heterocycles. The minimum Gasteiger partial charge on any atom is -0.265 e. The minimum atomic E-state index is -3.34. The molecule has 2 N–H and O–H groups in total. The summed E-state index contributed by atoms with van der Waals surface area (Å²) in [5.74, 6) is 0. The summed E-state index contributed by atoms with van der Waals surface area (Å²) in [5.41, 5.74) is 3.27. The standard InChI is InChI=1S/C8H10N2O2S/c1-5-3-6(2)8-7(4-5)9-13(11,12)10-8/h3-4,9-10H,1-2H3. The van der Waals surface area contributed by atoms with E-state index in [0.29, 0.717) is 11.4 Å². The number of rotatable bonds is 0. The predicted octanol–water partition coefficient (Wildman–Crippen LogP) is 1.39. The van der Waals surface area contributed by atoms with Crippen LogP contribution in [0.15, 0.2) is 12.1 Å². The summed E-state index contributed by atoms with van der Waals surface area (Å²) in [7, 11) is -3.34. The first-order valence-electron chi connectivity index (χ1n) is 3.90. The highest BCUT2D eigenvalue weighted by Gasteiger charge is 2.23. The number of hydrogen-bond donors (Lipinski definition) is 2. The van der Waals surface area contributed by atoms with E-state index < -0.39 is 10.2 Å². The van der Waals surface area contributed by atoms with Crippen LogP contribution >= 0.6 is 0 Å². The van der Waals surface area contributed by atoms with Gasteiger partial charge in [0, 0.05) is 0 Å². The third kappa shape index (κ3) is 1.35. The van der Waals surface area contributed by atoms with E-state index in [4.69, 9.17) is 0 Å². The molecular formula is C8H10N2O2S. The Hall–Kier alpha value is -1.23. The Kier molecular flexibility index (Phi) is 1.53. The summed E-state index contributed by atoms with van der Waals surface area (Å²) < 4.78 is 27.1. The number of nitrogens with one attached hydrogen (secondary N) is 2. The Bertz CT molecular complexity index is 465. The first-order valence-corrected chi connectivity index (χ1v) is 5.38. The first-order chi connectivity index (χ1) is 5.98. The van der Waals surface area contributed by atoms with Crippen molar-refractivity contribution in [3.63, 3.8) is 0 Å². The normalized spacial score (nSPS) is 17.4. The summed E-state index contributed by atoms with van der Waals surface area (Å²) in [4.78, 5) is 0. The maximum Gasteiger partial charge on any atom is 0.321 e. The summed E-state index contributed by atoms with van der Waals surface area (Å²) in [6.45, 7) is 3.81. The van der Waals surface area contributed by atoms with Gasteiger partial charge >= 0.3 is 10.2 Å². The maximum atomic E-state index is 11.1. The van der Waals surface area contributed by atoms with Crippen LogP contribution in [0.1, 0.15) is 11.1 Å². The van der Waals surface area contributed by atoms with Crippen LogP contribution in [0.3, 0.4) is 0 Å². The lowest BCUT2D eigenvalue weighted by atomic mass is 10.1. The van der Waals surface area contributed by atoms with E-state index in [2.05, 4.69) is 9.44 Å². The summed E-state index contributed by atoms with van der Waals surface area (Å²) >= 11 is 0. The zero-order chi connectivity index (χ0) is 9.64. The molecular weight excluding hydrogens is 188 g/mol. The second-order valence-electron chi connectivity index (χ2n) is 3.21. The van der Waals surface area contributed by atoms with E-state index in [-0.39, 0.29) is 0 Å². The largest absolute Gasteiger partial charge is 0.321 e. The summed E-state index contributed by atoms with van der Waals surface area (Å²) in [5, 5.41) is 0. The second kappa shape index (κ2) is 2.38. The zero-order valence-corrected chi connectivity index (χ0v) is 8.20. The van der Waals surface area contributed by atoms with E-state index in [1.165, 1.54) is 0 Å². The van der Waals surface area contributed by atoms with Gasteiger partial charge in [-0.15, -0.1) is 0 Å². The maximum absolute atomic E-state index is 11.1. The molecule has 0 spiro atoms. The van der Waals surface area contributed by atoms with Crippen molar-refractivity contribution in [1.29, 1.82) is 0 Å². The van der Waals surface area contributed by atoms with Crippen molar-refractivity contribution >= 4 is 21.6 Å². The first kappa shape index (κ1) is 8.37. The summed E-state index contributed by atoms with van der Waals surface area (Å²) in [6.07, 6.45) is 0. The topological polar surface area (TPSA) is 58.2 Å². The molecule has 1 aliphatic rings. The van der Waals surface area contributed by atoms with Gasteiger partial charge in [-0.2, -0.15) is 8.42 Å². The van der Waals surface area contributed by atoms with Gasteiger partial charge in [0.15, 0.2) is 0 Å². The molecule has 1 heterocycles. The molecule has 0 saturated heterocycles. The number of fused-ring (bicyclic) bond motifs is 1. The summed E-state index contributed by atoms with van der Waals surface area (Å²) in [6, 6.07) is 3.74. The lowest BCUT2D eigenvalue weighted by molar-refractivity contribution is 0.607. The average Bonchev–Trinajstić information content (AvgIpc) is 2.23. The predicted molar refractivity (Wildman–Crippen MR) is 52.1 cm³/mol. The Labute approximate surface area is 77.2 Å². The minimum absolute atomic E-state index is 0.637. The Balaban J connectivity index is 2.64. The molecule has 1 aromatic carbocycles. The third-order valence-electron chi connectivity index (χ3n) is 1.96. The number of anilines is 2. The van der Waals surface area contributed by atoms with Crippen molar-refractivity contribution in [3.05, 3.63) is 23.3 Å². The second-order valence-corrected chi connectivity index (χ2v) is 4.63. The SMILES string of the molecule is Cc1cc(C)c2c(c1)NS(=O)(=O)N2. The van der Waals surface area contributed by atoms with Gasteiger partial charge < -0.3 is 0 Å². The molecule has 0 aliphatic carbocycles. The third-order valence-corrected chi connectivity index (χ3v) is 2.92. The van der Waals surface area contributed by atoms with Crippen molar-refractivity contribution in [1.82, 2.24) is 0 Å². The molecule has 0 saturated carbocycles. The Morgan fingerprint density at radius 3 is 2.54 bits per heavy atom. The van der Waals surface area contributed by atoms with Crippen molar-refractivity contribution < 1.29 is 8.42 Å². The molecule has 0 amide bonds. The van der Waals surface area contributed by atoms with Crippen molar-refractivity contribution in [2.24, 2.45) is 0 Å². The van der Waals surface area contributed by atoms with Crippen LogP contribution in [-0.2, 0) is 10.2 Å². The molecule has 0 fully saturated rings. The van der Waals surface area contributed by atoms with Crippen LogP contribution in [0.4, 0.5) is 11.4 Å². The molecule has 13 heavy (non-hydrogen) atoms. The number of aryl methyl sites for hydroxylation is 2. The van der Waals surface area contributed by atoms with E-state index in [9.17, 15) is 8.42 Å². The lowest BCUT2D eigenvalue weighted by Gasteiger charge is -2.02. The van der Waals surface area contributed by atoms with Crippen LogP contribution in [0.25, 0.3) is 0 Å². The molecule has 0 bridgehead atoms. The monoisotopic (exact) mass is 198 g/mol. The van der Waals surface area contributed by atoms with Gasteiger partial charge in [-0.25, -0.2) is 0 Å². The van der Waals surface area contributed by atoms with Crippen LogP contribution in [0.2, 0.25) is 0 Å². The average molecular weight is 198 g/mol. The fourth-order valence-electron chi connectivity index (χ4n) is 1.49.